The number of aryl methyl sites for hydroxylation is 1. The number of nitrogens with zero attached hydrogens (tertiary/aromatic N) is 3. The molecule has 1 aliphatic rings. The Hall–Kier alpha value is -2.63. The number of amides is 1. The Morgan fingerprint density at radius 3 is 2.81 bits per heavy atom. The molecule has 1 aromatic carbocycles. The molecule has 1 amide bonds. The lowest BCUT2D eigenvalue weighted by molar-refractivity contribution is -0.113. The molecule has 36 heavy (non-hydrogen) atoms. The zero-order valence-electron chi connectivity index (χ0n) is 20.1. The van der Waals surface area contributed by atoms with Crippen LogP contribution in [-0.4, -0.2) is 38.5 Å². The third-order valence-corrected chi connectivity index (χ3v) is 8.00. The van der Waals surface area contributed by atoms with Gasteiger partial charge in [0, 0.05) is 11.9 Å². The SMILES string of the molecule is CC(C)OC(=O)c1c(NC(=O)CSc2nnc(COc3ccc(F)cc3Cl)n2C)sc2c1CCCC2. The third-order valence-electron chi connectivity index (χ3n) is 5.48. The quantitative estimate of drug-likeness (QED) is 0.279. The molecule has 4 rings (SSSR count). The zero-order chi connectivity index (χ0) is 25.8. The summed E-state index contributed by atoms with van der Waals surface area (Å²) >= 11 is 8.67. The topological polar surface area (TPSA) is 95.3 Å². The van der Waals surface area contributed by atoms with Crippen molar-refractivity contribution in [2.45, 2.75) is 57.4 Å². The molecule has 192 valence electrons. The van der Waals surface area contributed by atoms with Crippen LogP contribution in [0.25, 0.3) is 0 Å². The Labute approximate surface area is 221 Å². The number of carbonyl (C=O) groups is 2. The van der Waals surface area contributed by atoms with E-state index in [4.69, 9.17) is 21.1 Å². The second-order valence-electron chi connectivity index (χ2n) is 8.53. The largest absolute Gasteiger partial charge is 0.484 e. The molecule has 1 aliphatic carbocycles. The summed E-state index contributed by atoms with van der Waals surface area (Å²) in [6.07, 6.45) is 3.55. The van der Waals surface area contributed by atoms with Gasteiger partial charge in [0.2, 0.25) is 5.91 Å². The Morgan fingerprint density at radius 2 is 2.06 bits per heavy atom. The summed E-state index contributed by atoms with van der Waals surface area (Å²) in [5, 5.41) is 12.4. The molecule has 0 atom stereocenters. The highest BCUT2D eigenvalue weighted by Crippen LogP contribution is 2.39. The number of nitrogens with one attached hydrogen (secondary N) is 1. The first-order valence-electron chi connectivity index (χ1n) is 11.5. The second kappa shape index (κ2) is 11.6. The van der Waals surface area contributed by atoms with Crippen molar-refractivity contribution in [1.29, 1.82) is 0 Å². The first-order chi connectivity index (χ1) is 17.2. The number of hydrogen-bond donors (Lipinski definition) is 1. The molecule has 0 radical (unpaired) electrons. The van der Waals surface area contributed by atoms with E-state index >= 15 is 0 Å². The van der Waals surface area contributed by atoms with E-state index < -0.39 is 11.8 Å². The van der Waals surface area contributed by atoms with E-state index in [-0.39, 0.29) is 29.4 Å². The fraction of sp³-hybridized carbons (Fsp3) is 0.417. The Balaban J connectivity index is 1.38. The zero-order valence-corrected chi connectivity index (χ0v) is 22.5. The standard InChI is InChI=1S/C24H26ClFN4O4S2/c1-13(2)34-23(32)21-15-6-4-5-7-18(15)36-22(21)27-20(31)12-35-24-29-28-19(30(24)3)11-33-17-9-8-14(26)10-16(17)25/h8-10,13H,4-7,11-12H2,1-3H3,(H,27,31). The highest BCUT2D eigenvalue weighted by atomic mass is 35.5. The average Bonchev–Trinajstić information content (AvgIpc) is 3.36. The monoisotopic (exact) mass is 552 g/mol. The molecule has 12 heteroatoms. The number of halogens is 2. The van der Waals surface area contributed by atoms with Crippen molar-refractivity contribution >= 4 is 51.6 Å². The number of benzene rings is 1. The van der Waals surface area contributed by atoms with Crippen molar-refractivity contribution < 1.29 is 23.5 Å². The fourth-order valence-corrected chi connectivity index (χ4v) is 6.01. The number of hydrogen-bond acceptors (Lipinski definition) is 8. The molecular formula is C24H26ClFN4O4S2. The fourth-order valence-electron chi connectivity index (χ4n) is 3.77. The second-order valence-corrected chi connectivity index (χ2v) is 11.0. The highest BCUT2D eigenvalue weighted by molar-refractivity contribution is 7.99. The summed E-state index contributed by atoms with van der Waals surface area (Å²) in [6.45, 7) is 3.68. The first-order valence-corrected chi connectivity index (χ1v) is 13.6. The molecule has 2 heterocycles. The van der Waals surface area contributed by atoms with Gasteiger partial charge < -0.3 is 19.4 Å². The van der Waals surface area contributed by atoms with Crippen molar-refractivity contribution in [1.82, 2.24) is 14.8 Å². The minimum absolute atomic E-state index is 0.0731. The number of rotatable bonds is 9. The maximum atomic E-state index is 13.2. The number of carbonyl (C=O) groups excluding carboxylic acids is 2. The number of esters is 1. The van der Waals surface area contributed by atoms with Crippen LogP contribution in [0.4, 0.5) is 9.39 Å². The van der Waals surface area contributed by atoms with Crippen LogP contribution in [0, 0.1) is 5.82 Å². The van der Waals surface area contributed by atoms with Gasteiger partial charge in [0.25, 0.3) is 0 Å². The van der Waals surface area contributed by atoms with Crippen LogP contribution in [0.15, 0.2) is 23.4 Å². The van der Waals surface area contributed by atoms with Gasteiger partial charge in [-0.3, -0.25) is 4.79 Å². The maximum absolute atomic E-state index is 13.2. The molecule has 0 aliphatic heterocycles. The van der Waals surface area contributed by atoms with E-state index in [0.717, 1.165) is 36.1 Å². The average molecular weight is 553 g/mol. The van der Waals surface area contributed by atoms with Crippen LogP contribution in [0.2, 0.25) is 5.02 Å². The molecule has 3 aromatic rings. The highest BCUT2D eigenvalue weighted by Gasteiger charge is 2.28. The summed E-state index contributed by atoms with van der Waals surface area (Å²) < 4.78 is 26.0. The third kappa shape index (κ3) is 6.19. The Bertz CT molecular complexity index is 1280. The van der Waals surface area contributed by atoms with Gasteiger partial charge in [-0.2, -0.15) is 0 Å². The van der Waals surface area contributed by atoms with Gasteiger partial charge in [0.1, 0.15) is 23.2 Å². The Morgan fingerprint density at radius 1 is 1.28 bits per heavy atom. The van der Waals surface area contributed by atoms with Gasteiger partial charge in [0.05, 0.1) is 22.4 Å². The minimum Gasteiger partial charge on any atom is -0.484 e. The Kier molecular flexibility index (Phi) is 8.53. The van der Waals surface area contributed by atoms with Gasteiger partial charge in [-0.05, 0) is 63.3 Å². The van der Waals surface area contributed by atoms with E-state index in [1.807, 2.05) is 0 Å². The van der Waals surface area contributed by atoms with Crippen LogP contribution in [0.3, 0.4) is 0 Å². The summed E-state index contributed by atoms with van der Waals surface area (Å²) in [7, 11) is 1.76. The summed E-state index contributed by atoms with van der Waals surface area (Å²) in [6, 6.07) is 3.88. The first kappa shape index (κ1) is 26.4. The minimum atomic E-state index is -0.449. The van der Waals surface area contributed by atoms with Crippen molar-refractivity contribution in [2.75, 3.05) is 11.1 Å². The lowest BCUT2D eigenvalue weighted by Gasteiger charge is -2.14. The summed E-state index contributed by atoms with van der Waals surface area (Å²) in [5.41, 5.74) is 1.48. The number of fused-ring (bicyclic) bond motifs is 1. The number of anilines is 1. The summed E-state index contributed by atoms with van der Waals surface area (Å²) in [4.78, 5) is 26.7. The number of aromatic nitrogens is 3. The van der Waals surface area contributed by atoms with Crippen molar-refractivity contribution in [3.63, 3.8) is 0 Å². The molecule has 0 saturated heterocycles. The normalized spacial score (nSPS) is 12.9. The maximum Gasteiger partial charge on any atom is 0.341 e. The van der Waals surface area contributed by atoms with Gasteiger partial charge in [-0.1, -0.05) is 23.4 Å². The number of ether oxygens (including phenoxy) is 2. The number of thiophene rings is 1. The smallest absolute Gasteiger partial charge is 0.341 e. The molecule has 0 saturated carbocycles. The lowest BCUT2D eigenvalue weighted by Crippen LogP contribution is -2.19. The molecular weight excluding hydrogens is 527 g/mol. The molecule has 0 spiro atoms. The van der Waals surface area contributed by atoms with Crippen LogP contribution >= 0.6 is 34.7 Å². The number of thioether (sulfide) groups is 1. The molecule has 0 unspecified atom stereocenters. The molecule has 0 bridgehead atoms. The van der Waals surface area contributed by atoms with Gasteiger partial charge in [0.15, 0.2) is 11.0 Å². The summed E-state index contributed by atoms with van der Waals surface area (Å²) in [5.74, 6) is -0.169. The van der Waals surface area contributed by atoms with E-state index in [1.54, 1.807) is 25.5 Å². The van der Waals surface area contributed by atoms with Crippen molar-refractivity contribution in [3.8, 4) is 5.75 Å². The van der Waals surface area contributed by atoms with Crippen molar-refractivity contribution in [2.24, 2.45) is 7.05 Å². The van der Waals surface area contributed by atoms with E-state index in [2.05, 4.69) is 15.5 Å². The van der Waals surface area contributed by atoms with Crippen LogP contribution in [0.5, 0.6) is 5.75 Å². The van der Waals surface area contributed by atoms with E-state index in [1.165, 1.54) is 41.3 Å². The van der Waals surface area contributed by atoms with Crippen LogP contribution in [0.1, 0.15) is 53.3 Å². The van der Waals surface area contributed by atoms with Crippen molar-refractivity contribution in [3.05, 3.63) is 50.9 Å². The van der Waals surface area contributed by atoms with Gasteiger partial charge in [-0.15, -0.1) is 21.5 Å². The molecule has 0 fully saturated rings. The van der Waals surface area contributed by atoms with E-state index in [0.29, 0.717) is 27.3 Å². The predicted molar refractivity (Wildman–Crippen MR) is 138 cm³/mol. The van der Waals surface area contributed by atoms with Crippen LogP contribution in [-0.2, 0) is 36.0 Å². The molecule has 8 nitrogen and oxygen atoms in total. The lowest BCUT2D eigenvalue weighted by atomic mass is 9.95. The van der Waals surface area contributed by atoms with Gasteiger partial charge in [-0.25, -0.2) is 9.18 Å². The van der Waals surface area contributed by atoms with E-state index in [9.17, 15) is 14.0 Å². The molecule has 1 N–H and O–H groups in total. The van der Waals surface area contributed by atoms with Crippen LogP contribution < -0.4 is 10.1 Å². The van der Waals surface area contributed by atoms with Gasteiger partial charge >= 0.3 is 5.97 Å². The molecule has 2 aromatic heterocycles. The predicted octanol–water partition coefficient (Wildman–Crippen LogP) is 5.42.